The number of nitrogens with one attached hydrogen (secondary N) is 2. The van der Waals surface area contributed by atoms with Gasteiger partial charge in [0.05, 0.1) is 59.5 Å². The molecule has 14 N–H and O–H groups in total. The summed E-state index contributed by atoms with van der Waals surface area (Å²) in [5.41, 5.74) is 10.6. The quantitative estimate of drug-likeness (QED) is 0.0128. The Balaban J connectivity index is 0.000000254. The number of carbonyl (C=O) groups is 2. The van der Waals surface area contributed by atoms with E-state index in [0.29, 0.717) is 54.5 Å². The molecule has 15 atom stereocenters. The third kappa shape index (κ3) is 30.3. The molecule has 4 aromatic rings. The van der Waals surface area contributed by atoms with Crippen LogP contribution in [0.5, 0.6) is 0 Å². The number of nitrogens with two attached hydrogens (primary N) is 3. The van der Waals surface area contributed by atoms with E-state index in [1.807, 2.05) is 0 Å². The van der Waals surface area contributed by atoms with Crippen LogP contribution in [-0.2, 0) is 115 Å². The summed E-state index contributed by atoms with van der Waals surface area (Å²) in [6, 6.07) is 8.19. The highest BCUT2D eigenvalue weighted by Crippen LogP contribution is 2.61. The number of aryl methyl sites for hydroxylation is 3. The molecule has 6 unspecified atom stereocenters. The van der Waals surface area contributed by atoms with Crippen molar-refractivity contribution in [1.29, 1.82) is 0 Å². The fourth-order valence-electron chi connectivity index (χ4n) is 13.4. The van der Waals surface area contributed by atoms with E-state index in [0.717, 1.165) is 58.6 Å². The van der Waals surface area contributed by atoms with Crippen molar-refractivity contribution in [2.45, 2.75) is 189 Å². The van der Waals surface area contributed by atoms with Gasteiger partial charge in [0.15, 0.2) is 18.7 Å². The number of phosphoric acid groups is 6. The summed E-state index contributed by atoms with van der Waals surface area (Å²) in [7, 11) is -28.3. The molecular formula is C70H103F3N14O35P6. The number of halogens is 3. The molecule has 714 valence electrons. The number of carbonyl (C=O) groups excluding carboxylic acids is 2. The van der Waals surface area contributed by atoms with Crippen LogP contribution in [0.1, 0.15) is 136 Å². The monoisotopic (exact) mass is 1940 g/mol. The zero-order chi connectivity index (χ0) is 94.1. The van der Waals surface area contributed by atoms with Gasteiger partial charge in [0.1, 0.15) is 90.7 Å². The number of ether oxygens (including phenoxy) is 6. The lowest BCUT2D eigenvalue weighted by molar-refractivity contribution is -0.186. The van der Waals surface area contributed by atoms with Crippen molar-refractivity contribution in [3.63, 3.8) is 0 Å². The zero-order valence-corrected chi connectivity index (χ0v) is 75.0. The summed E-state index contributed by atoms with van der Waals surface area (Å²) < 4.78 is 215. The van der Waals surface area contributed by atoms with E-state index in [4.69, 9.17) is 130 Å². The number of hydrogen-bond acceptors (Lipinski definition) is 35. The number of aromatic nitrogens is 6. The largest absolute Gasteiger partial charge is 0.475 e. The smallest absolute Gasteiger partial charge is 0.383 e. The van der Waals surface area contributed by atoms with Crippen molar-refractivity contribution in [2.75, 3.05) is 129 Å². The molecule has 6 fully saturated rings. The molecule has 0 saturated carbocycles. The molecule has 128 heavy (non-hydrogen) atoms. The number of fused-ring (bicyclic) bond motifs is 6. The standard InChI is InChI=1S/C35H42F3N7O13P2.C18H31N3O11P2.C17H30N4O11P2/c1-25-22-45(33(48)44-29(25)43-30(46)26-12-8-7-9-13-26)31-27-28(34(57-31,23-51-27)24-56-59(49,53-19-15-39-2)54-20-16-40-3)58-60(50,55-21-17-41-4)52-18-11-6-5-10-14-42-32(47)35(36,37)38;1-3-4-5-6-7-8-29-34(26,27)32-14-13-16(21-9-12(2)15(19)20-17(21)22)31-18(14,10-28-13)11-30-33(23,24)25;1-11-8-21(16(22)20-14(11)19)15-12-13(17(31-15,9-28-12)10-30-33(23,24)25)32-34(26,27)29-7-5-3-2-4-6-18/h7-9,12-13,22,27-28,31H,5-6,10-11,14-21,23-24H2,1H3,(H,42,47)(H,43,44,46,48);9,13-14,16H,3-8,10-11H2,1-2H3,(H,26,27)(H2,19,20,22)(H2,23,24,25);8,12-13,15H,2-7,9-10,18H2,1H3,(H,26,27)(H2,19,20,22)(H2,23,24,25)/t27?,28-,31-,34-,60?;13?,14-,16-,18-;12?,13-,15-,17-/m111/s1. The van der Waals surface area contributed by atoms with Gasteiger partial charge in [-0.25, -0.2) is 61.5 Å². The average Bonchev–Trinajstić information content (AvgIpc) is 1.60. The SMILES string of the molecule is CCCCCCCOP(=O)(O)O[C@@H]1C2OC[C@]1(COP(=O)(O)O)O[C@H]2n1cc(C)c(N)nc1=O.Cc1cn([C@@H]2O[C@@]3(COP(=O)(O)O)COC2[C@H]3OP(=O)(O)OCCCCCCN)c(=O)nc1N.[C-]#[N+]CCOP(=O)(OCC[N+]#[C-])OC[C@@]12COC([C@H](n3cc(C)c(NC(=O)c4ccccc4)nc3=O)O1)[C@H]2OP(=O)(OCCCCCCNC(=O)C(F)(F)F)OCC[N+]#[C-]. The van der Waals surface area contributed by atoms with Crippen LogP contribution >= 0.6 is 46.9 Å². The van der Waals surface area contributed by atoms with Crippen LogP contribution in [0.25, 0.3) is 14.5 Å². The second-order valence-electron chi connectivity index (χ2n) is 29.5. The number of unbranched alkanes of at least 4 members (excludes halogenated alkanes) is 10. The number of benzene rings is 1. The highest BCUT2D eigenvalue weighted by Gasteiger charge is 2.69. The van der Waals surface area contributed by atoms with Gasteiger partial charge < -0.3 is 100 Å². The Morgan fingerprint density at radius 2 is 0.891 bits per heavy atom. The van der Waals surface area contributed by atoms with Gasteiger partial charge in [-0.05, 0) is 71.6 Å². The summed E-state index contributed by atoms with van der Waals surface area (Å²) in [4.78, 5) is 140. The Kier molecular flexibility index (Phi) is 39.6. The molecule has 10 rings (SSSR count). The molecule has 6 saturated heterocycles. The second-order valence-corrected chi connectivity index (χ2v) is 38.0. The van der Waals surface area contributed by atoms with Crippen LogP contribution in [0.15, 0.2) is 63.3 Å². The minimum absolute atomic E-state index is 0.0115. The van der Waals surface area contributed by atoms with E-state index in [1.54, 1.807) is 56.4 Å². The lowest BCUT2D eigenvalue weighted by Gasteiger charge is -2.32. The van der Waals surface area contributed by atoms with Crippen molar-refractivity contribution in [2.24, 2.45) is 5.73 Å². The highest BCUT2D eigenvalue weighted by molar-refractivity contribution is 7.49. The topological polar surface area (TPSA) is 644 Å². The van der Waals surface area contributed by atoms with Crippen molar-refractivity contribution >= 4 is 76.2 Å². The molecule has 58 heteroatoms. The molecule has 9 heterocycles. The van der Waals surface area contributed by atoms with E-state index in [-0.39, 0.29) is 109 Å². The van der Waals surface area contributed by atoms with Gasteiger partial charge in [0, 0.05) is 47.4 Å². The molecule has 2 amide bonds. The maximum Gasteiger partial charge on any atom is 0.475 e. The van der Waals surface area contributed by atoms with Crippen LogP contribution in [0.2, 0.25) is 0 Å². The maximum atomic E-state index is 14.2. The third-order valence-electron chi connectivity index (χ3n) is 19.7. The highest BCUT2D eigenvalue weighted by atomic mass is 31.2. The van der Waals surface area contributed by atoms with Gasteiger partial charge in [-0.1, -0.05) is 76.5 Å². The first kappa shape index (κ1) is 106. The van der Waals surface area contributed by atoms with Crippen molar-refractivity contribution in [3.05, 3.63) is 137 Å². The van der Waals surface area contributed by atoms with Gasteiger partial charge in [-0.3, -0.25) is 77.6 Å². The van der Waals surface area contributed by atoms with E-state index < -0.39 is 181 Å². The summed E-state index contributed by atoms with van der Waals surface area (Å²) >= 11 is 0. The van der Waals surface area contributed by atoms with Crippen LogP contribution in [0, 0.1) is 40.5 Å². The van der Waals surface area contributed by atoms with Crippen molar-refractivity contribution in [1.82, 2.24) is 34.0 Å². The minimum atomic E-state index is -5.00. The van der Waals surface area contributed by atoms with Gasteiger partial charge in [-0.15, -0.1) is 0 Å². The molecule has 6 aliphatic heterocycles. The van der Waals surface area contributed by atoms with Crippen LogP contribution < -0.4 is 44.9 Å². The number of nitrogens with zero attached hydrogens (tertiary/aromatic N) is 9. The first-order valence-electron chi connectivity index (χ1n) is 39.8. The first-order chi connectivity index (χ1) is 60.3. The lowest BCUT2D eigenvalue weighted by Crippen LogP contribution is -2.46. The molecule has 6 aliphatic rings. The normalized spacial score (nSPS) is 24.8. The number of nitrogen functional groups attached to an aromatic ring is 2. The number of rotatable bonds is 51. The number of amides is 2. The molecule has 6 bridgehead atoms. The zero-order valence-electron chi connectivity index (χ0n) is 69.6. The summed E-state index contributed by atoms with van der Waals surface area (Å²) in [6.07, 6.45) is -3.87. The second kappa shape index (κ2) is 47.6. The molecule has 0 aliphatic carbocycles. The fourth-order valence-corrected chi connectivity index (χ4v) is 18.9. The predicted octanol–water partition coefficient (Wildman–Crippen LogP) is 6.46. The number of anilines is 3. The molecule has 49 nitrogen and oxygen atoms in total. The fraction of sp³-hybridized carbons (Fsp3) is 0.671. The first-order valence-corrected chi connectivity index (χ1v) is 48.7. The Hall–Kier alpha value is -6.96. The van der Waals surface area contributed by atoms with E-state index in [1.165, 1.54) is 18.6 Å². The Morgan fingerprint density at radius 1 is 0.516 bits per heavy atom. The van der Waals surface area contributed by atoms with Crippen LogP contribution in [0.3, 0.4) is 0 Å². The van der Waals surface area contributed by atoms with E-state index in [2.05, 4.69) is 50.8 Å². The molecule has 0 radical (unpaired) electrons. The molecule has 3 aromatic heterocycles. The van der Waals surface area contributed by atoms with E-state index >= 15 is 0 Å². The van der Waals surface area contributed by atoms with Gasteiger partial charge in [-0.2, -0.15) is 28.1 Å². The Bertz CT molecular complexity index is 4860. The lowest BCUT2D eigenvalue weighted by atomic mass is 10.0. The van der Waals surface area contributed by atoms with Crippen LogP contribution in [0.4, 0.5) is 30.6 Å². The summed E-state index contributed by atoms with van der Waals surface area (Å²) in [5.74, 6) is -2.60. The molecule has 0 spiro atoms. The van der Waals surface area contributed by atoms with Crippen molar-refractivity contribution in [3.8, 4) is 0 Å². The summed E-state index contributed by atoms with van der Waals surface area (Å²) in [6.45, 7) is 23.0. The minimum Gasteiger partial charge on any atom is -0.383 e. The summed E-state index contributed by atoms with van der Waals surface area (Å²) in [5, 5.41) is 4.36. The Morgan fingerprint density at radius 3 is 1.30 bits per heavy atom. The molecule has 1 aromatic carbocycles. The molecular weight excluding hydrogens is 1840 g/mol. The van der Waals surface area contributed by atoms with Crippen LogP contribution in [-0.4, -0.2) is 241 Å². The maximum absolute atomic E-state index is 14.2. The number of alkyl halides is 3. The van der Waals surface area contributed by atoms with Gasteiger partial charge in [0.25, 0.3) is 5.91 Å². The number of hydrogen-bond donors (Lipinski definition) is 11. The van der Waals surface area contributed by atoms with Gasteiger partial charge >= 0.3 is 76.1 Å². The Labute approximate surface area is 730 Å². The van der Waals surface area contributed by atoms with E-state index in [9.17, 15) is 74.3 Å². The predicted molar refractivity (Wildman–Crippen MR) is 436 cm³/mol. The van der Waals surface area contributed by atoms with Gasteiger partial charge in [0.2, 0.25) is 19.6 Å². The average molecular weight is 1940 g/mol. The third-order valence-corrected chi connectivity index (χ3v) is 25.6. The van der Waals surface area contributed by atoms with Crippen molar-refractivity contribution < 1.29 is 162 Å². The number of phosphoric ester groups is 6.